The summed E-state index contributed by atoms with van der Waals surface area (Å²) in [7, 11) is 3.36. The summed E-state index contributed by atoms with van der Waals surface area (Å²) in [5.41, 5.74) is 2.98. The molecule has 0 spiro atoms. The lowest BCUT2D eigenvalue weighted by molar-refractivity contribution is -0.138. The van der Waals surface area contributed by atoms with Crippen LogP contribution in [-0.4, -0.2) is 37.1 Å². The monoisotopic (exact) mass is 260 g/mol. The number of hydrogen-bond donors (Lipinski definition) is 0. The van der Waals surface area contributed by atoms with Gasteiger partial charge in [0.1, 0.15) is 0 Å². The summed E-state index contributed by atoms with van der Waals surface area (Å²) in [6.07, 6.45) is 1.54. The van der Waals surface area contributed by atoms with E-state index in [2.05, 4.69) is 0 Å². The van der Waals surface area contributed by atoms with Gasteiger partial charge < -0.3 is 9.80 Å². The first-order valence-corrected chi connectivity index (χ1v) is 6.11. The zero-order chi connectivity index (χ0) is 14.0. The number of carbonyl (C=O) groups is 3. The summed E-state index contributed by atoms with van der Waals surface area (Å²) in [6, 6.07) is 5.76. The third-order valence-corrected chi connectivity index (χ3v) is 3.38. The molecule has 5 heteroatoms. The van der Waals surface area contributed by atoms with Crippen molar-refractivity contribution < 1.29 is 14.4 Å². The summed E-state index contributed by atoms with van der Waals surface area (Å²) in [4.78, 5) is 36.2. The molecule has 2 rings (SSSR count). The largest absolute Gasteiger partial charge is 0.335 e. The fourth-order valence-electron chi connectivity index (χ4n) is 2.25. The van der Waals surface area contributed by atoms with Gasteiger partial charge in [-0.25, -0.2) is 0 Å². The van der Waals surface area contributed by atoms with E-state index < -0.39 is 5.91 Å². The van der Waals surface area contributed by atoms with Crippen LogP contribution in [0.4, 0.5) is 5.69 Å². The minimum Gasteiger partial charge on any atom is -0.335 e. The van der Waals surface area contributed by atoms with Gasteiger partial charge in [-0.05, 0) is 23.6 Å². The standard InChI is InChI=1S/C14H16N2O3/c1-15(14(19)9-17)8-10-3-5-12-11(7-10)4-6-13(18)16(12)2/h3,5,7,9H,4,6,8H2,1-2H3. The maximum atomic E-state index is 11.6. The van der Waals surface area contributed by atoms with Crippen LogP contribution in [0.1, 0.15) is 17.5 Å². The zero-order valence-corrected chi connectivity index (χ0v) is 11.0. The molecule has 5 nitrogen and oxygen atoms in total. The zero-order valence-electron chi connectivity index (χ0n) is 11.0. The summed E-state index contributed by atoms with van der Waals surface area (Å²) >= 11 is 0. The van der Waals surface area contributed by atoms with Gasteiger partial charge in [0, 0.05) is 32.7 Å². The smallest absolute Gasteiger partial charge is 0.286 e. The second kappa shape index (κ2) is 5.22. The van der Waals surface area contributed by atoms with Gasteiger partial charge in [0.2, 0.25) is 12.2 Å². The van der Waals surface area contributed by atoms with Gasteiger partial charge in [0.05, 0.1) is 0 Å². The van der Waals surface area contributed by atoms with E-state index in [1.165, 1.54) is 4.90 Å². The number of aryl methyl sites for hydroxylation is 1. The lowest BCUT2D eigenvalue weighted by Gasteiger charge is -2.26. The van der Waals surface area contributed by atoms with Crippen LogP contribution in [0.2, 0.25) is 0 Å². The van der Waals surface area contributed by atoms with Gasteiger partial charge in [0.25, 0.3) is 5.91 Å². The number of benzene rings is 1. The molecule has 0 bridgehead atoms. The van der Waals surface area contributed by atoms with Crippen LogP contribution in [0.5, 0.6) is 0 Å². The number of amides is 2. The minimum atomic E-state index is -0.537. The van der Waals surface area contributed by atoms with Gasteiger partial charge in [-0.3, -0.25) is 14.4 Å². The van der Waals surface area contributed by atoms with Crippen molar-refractivity contribution in [3.8, 4) is 0 Å². The number of hydrogen-bond acceptors (Lipinski definition) is 3. The van der Waals surface area contributed by atoms with Gasteiger partial charge >= 0.3 is 0 Å². The van der Waals surface area contributed by atoms with Crippen molar-refractivity contribution in [3.05, 3.63) is 29.3 Å². The molecule has 0 saturated carbocycles. The number of likely N-dealkylation sites (N-methyl/N-ethyl adjacent to an activating group) is 1. The van der Waals surface area contributed by atoms with Crippen LogP contribution in [0, 0.1) is 0 Å². The average molecular weight is 260 g/mol. The highest BCUT2D eigenvalue weighted by Crippen LogP contribution is 2.27. The first-order valence-electron chi connectivity index (χ1n) is 6.11. The van der Waals surface area contributed by atoms with Crippen LogP contribution in [0.15, 0.2) is 18.2 Å². The van der Waals surface area contributed by atoms with E-state index in [4.69, 9.17) is 0 Å². The fourth-order valence-corrected chi connectivity index (χ4v) is 2.25. The minimum absolute atomic E-state index is 0.119. The molecule has 0 aliphatic carbocycles. The van der Waals surface area contributed by atoms with Crippen LogP contribution in [0.25, 0.3) is 0 Å². The van der Waals surface area contributed by atoms with E-state index in [0.29, 0.717) is 19.3 Å². The number of rotatable bonds is 3. The predicted molar refractivity (Wildman–Crippen MR) is 70.7 cm³/mol. The summed E-state index contributed by atoms with van der Waals surface area (Å²) in [5, 5.41) is 0. The summed E-state index contributed by atoms with van der Waals surface area (Å²) < 4.78 is 0. The first-order chi connectivity index (χ1) is 9.02. The molecule has 2 amide bonds. The van der Waals surface area contributed by atoms with Gasteiger partial charge in [-0.2, -0.15) is 0 Å². The number of fused-ring (bicyclic) bond motifs is 1. The summed E-state index contributed by atoms with van der Waals surface area (Å²) in [6.45, 7) is 0.391. The van der Waals surface area contributed by atoms with E-state index in [0.717, 1.165) is 23.2 Å². The Morgan fingerprint density at radius 3 is 2.84 bits per heavy atom. The van der Waals surface area contributed by atoms with Crippen molar-refractivity contribution in [1.29, 1.82) is 0 Å². The van der Waals surface area contributed by atoms with Gasteiger partial charge in [-0.15, -0.1) is 0 Å². The molecule has 1 aliphatic heterocycles. The summed E-state index contributed by atoms with van der Waals surface area (Å²) in [5.74, 6) is -0.418. The molecular formula is C14H16N2O3. The van der Waals surface area contributed by atoms with Gasteiger partial charge in [0.15, 0.2) is 0 Å². The second-order valence-corrected chi connectivity index (χ2v) is 4.73. The van der Waals surface area contributed by atoms with Gasteiger partial charge in [-0.1, -0.05) is 12.1 Å². The highest BCUT2D eigenvalue weighted by atomic mass is 16.2. The lowest BCUT2D eigenvalue weighted by atomic mass is 9.99. The Hall–Kier alpha value is -2.17. The van der Waals surface area contributed by atoms with E-state index in [9.17, 15) is 14.4 Å². The highest BCUT2D eigenvalue weighted by molar-refractivity contribution is 6.23. The first kappa shape index (κ1) is 13.3. The maximum absolute atomic E-state index is 11.6. The molecule has 0 aromatic heterocycles. The Kier molecular flexibility index (Phi) is 3.64. The molecule has 19 heavy (non-hydrogen) atoms. The molecule has 1 aliphatic rings. The topological polar surface area (TPSA) is 57.7 Å². The van der Waals surface area contributed by atoms with Crippen molar-refractivity contribution in [2.75, 3.05) is 19.0 Å². The molecule has 1 aromatic carbocycles. The molecule has 0 N–H and O–H groups in total. The molecule has 1 aromatic rings. The number of aldehydes is 1. The van der Waals surface area contributed by atoms with Crippen molar-refractivity contribution >= 4 is 23.8 Å². The Morgan fingerprint density at radius 2 is 2.16 bits per heavy atom. The van der Waals surface area contributed by atoms with Crippen LogP contribution in [-0.2, 0) is 27.3 Å². The van der Waals surface area contributed by atoms with E-state index in [-0.39, 0.29) is 5.91 Å². The maximum Gasteiger partial charge on any atom is 0.286 e. The molecule has 100 valence electrons. The van der Waals surface area contributed by atoms with Crippen molar-refractivity contribution in [2.24, 2.45) is 0 Å². The average Bonchev–Trinajstić information content (AvgIpc) is 2.42. The molecule has 0 radical (unpaired) electrons. The normalized spacial score (nSPS) is 14.0. The molecule has 0 atom stereocenters. The van der Waals surface area contributed by atoms with Crippen LogP contribution in [0.3, 0.4) is 0 Å². The highest BCUT2D eigenvalue weighted by Gasteiger charge is 2.21. The van der Waals surface area contributed by atoms with E-state index in [1.807, 2.05) is 18.2 Å². The van der Waals surface area contributed by atoms with Crippen LogP contribution < -0.4 is 4.90 Å². The molecule has 0 saturated heterocycles. The predicted octanol–water partition coefficient (Wildman–Crippen LogP) is 0.753. The van der Waals surface area contributed by atoms with E-state index >= 15 is 0 Å². The quantitative estimate of drug-likeness (QED) is 0.595. The molecule has 0 fully saturated rings. The fraction of sp³-hybridized carbons (Fsp3) is 0.357. The SMILES string of the molecule is CN(Cc1ccc2c(c1)CCC(=O)N2C)C(=O)C=O. The Morgan fingerprint density at radius 1 is 1.42 bits per heavy atom. The number of carbonyl (C=O) groups excluding carboxylic acids is 3. The Bertz CT molecular complexity index is 539. The molecule has 0 unspecified atom stereocenters. The number of nitrogens with zero attached hydrogens (tertiary/aromatic N) is 2. The van der Waals surface area contributed by atoms with Crippen molar-refractivity contribution in [3.63, 3.8) is 0 Å². The number of anilines is 1. The van der Waals surface area contributed by atoms with Crippen molar-refractivity contribution in [1.82, 2.24) is 4.90 Å². The lowest BCUT2D eigenvalue weighted by Crippen LogP contribution is -2.31. The Balaban J connectivity index is 2.20. The third kappa shape index (κ3) is 2.65. The molecule has 1 heterocycles. The molecular weight excluding hydrogens is 244 g/mol. The van der Waals surface area contributed by atoms with E-state index in [1.54, 1.807) is 19.0 Å². The van der Waals surface area contributed by atoms with Crippen molar-refractivity contribution in [2.45, 2.75) is 19.4 Å². The van der Waals surface area contributed by atoms with Crippen LogP contribution >= 0.6 is 0 Å². The Labute approximate surface area is 111 Å². The second-order valence-electron chi connectivity index (χ2n) is 4.73. The third-order valence-electron chi connectivity index (χ3n) is 3.38.